The Bertz CT molecular complexity index is 699. The predicted molar refractivity (Wildman–Crippen MR) is 75.6 cm³/mol. The van der Waals surface area contributed by atoms with Crippen LogP contribution in [0.25, 0.3) is 0 Å². The van der Waals surface area contributed by atoms with Gasteiger partial charge in [0.25, 0.3) is 10.0 Å². The summed E-state index contributed by atoms with van der Waals surface area (Å²) >= 11 is 5.92. The van der Waals surface area contributed by atoms with Crippen LogP contribution < -0.4 is 10.5 Å². The Labute approximate surface area is 116 Å². The van der Waals surface area contributed by atoms with Gasteiger partial charge in [0.05, 0.1) is 16.8 Å². The van der Waals surface area contributed by atoms with Crippen LogP contribution in [0.3, 0.4) is 0 Å². The lowest BCUT2D eigenvalue weighted by atomic mass is 10.2. The Morgan fingerprint density at radius 1 is 1.26 bits per heavy atom. The van der Waals surface area contributed by atoms with Gasteiger partial charge in [-0.15, -0.1) is 0 Å². The maximum absolute atomic E-state index is 12.2. The molecule has 100 valence electrons. The van der Waals surface area contributed by atoms with Crippen LogP contribution in [-0.2, 0) is 10.0 Å². The molecular weight excluding hydrogens is 286 g/mol. The number of benzene rings is 1. The Hall–Kier alpha value is -1.79. The monoisotopic (exact) mass is 297 g/mol. The van der Waals surface area contributed by atoms with E-state index in [9.17, 15) is 8.42 Å². The molecule has 0 unspecified atom stereocenters. The van der Waals surface area contributed by atoms with Gasteiger partial charge in [-0.3, -0.25) is 4.72 Å². The first-order valence-electron chi connectivity index (χ1n) is 5.39. The molecule has 5 nitrogen and oxygen atoms in total. The largest absolute Gasteiger partial charge is 0.384 e. The van der Waals surface area contributed by atoms with Crippen LogP contribution >= 0.6 is 11.6 Å². The highest BCUT2D eigenvalue weighted by atomic mass is 35.5. The summed E-state index contributed by atoms with van der Waals surface area (Å²) in [5.74, 6) is 0.321. The molecule has 0 atom stereocenters. The van der Waals surface area contributed by atoms with Gasteiger partial charge in [0.1, 0.15) is 5.82 Å². The molecule has 0 aliphatic heterocycles. The smallest absolute Gasteiger partial charge is 0.262 e. The third kappa shape index (κ3) is 2.97. The van der Waals surface area contributed by atoms with Crippen molar-refractivity contribution in [2.24, 2.45) is 0 Å². The Morgan fingerprint density at radius 3 is 2.63 bits per heavy atom. The van der Waals surface area contributed by atoms with Crippen LogP contribution in [0.5, 0.6) is 0 Å². The fraction of sp³-hybridized carbons (Fsp3) is 0.0833. The quantitative estimate of drug-likeness (QED) is 0.911. The minimum atomic E-state index is -3.69. The molecule has 3 N–H and O–H groups in total. The van der Waals surface area contributed by atoms with Crippen molar-refractivity contribution in [3.8, 4) is 0 Å². The lowest BCUT2D eigenvalue weighted by Crippen LogP contribution is -2.14. The molecule has 7 heteroatoms. The highest BCUT2D eigenvalue weighted by Crippen LogP contribution is 2.24. The van der Waals surface area contributed by atoms with Gasteiger partial charge in [-0.2, -0.15) is 0 Å². The molecule has 0 radical (unpaired) electrons. The average molecular weight is 298 g/mol. The van der Waals surface area contributed by atoms with Gasteiger partial charge >= 0.3 is 0 Å². The number of anilines is 2. The fourth-order valence-corrected chi connectivity index (χ4v) is 3.10. The van der Waals surface area contributed by atoms with E-state index in [2.05, 4.69) is 9.71 Å². The Kier molecular flexibility index (Phi) is 3.64. The van der Waals surface area contributed by atoms with Gasteiger partial charge in [-0.05, 0) is 36.8 Å². The van der Waals surface area contributed by atoms with Crippen molar-refractivity contribution in [3.63, 3.8) is 0 Å². The van der Waals surface area contributed by atoms with E-state index in [1.165, 1.54) is 18.3 Å². The number of sulfonamides is 1. The van der Waals surface area contributed by atoms with Gasteiger partial charge in [-0.1, -0.05) is 17.7 Å². The number of pyridine rings is 1. The maximum atomic E-state index is 12.2. The first-order valence-corrected chi connectivity index (χ1v) is 7.26. The third-order valence-corrected chi connectivity index (χ3v) is 4.48. The number of rotatable bonds is 3. The fourth-order valence-electron chi connectivity index (χ4n) is 1.55. The molecule has 2 rings (SSSR count). The summed E-state index contributed by atoms with van der Waals surface area (Å²) in [6.45, 7) is 1.65. The number of nitrogen functional groups attached to an aromatic ring is 1. The van der Waals surface area contributed by atoms with Crippen molar-refractivity contribution in [3.05, 3.63) is 47.1 Å². The predicted octanol–water partition coefficient (Wildman–Crippen LogP) is 2.43. The van der Waals surface area contributed by atoms with Gasteiger partial charge in [0, 0.05) is 5.02 Å². The molecule has 0 spiro atoms. The molecule has 0 saturated heterocycles. The molecular formula is C12H12ClN3O2S. The maximum Gasteiger partial charge on any atom is 0.262 e. The van der Waals surface area contributed by atoms with Crippen molar-refractivity contribution in [1.29, 1.82) is 0 Å². The van der Waals surface area contributed by atoms with Gasteiger partial charge in [-0.25, -0.2) is 13.4 Å². The Morgan fingerprint density at radius 2 is 2.00 bits per heavy atom. The normalized spacial score (nSPS) is 11.3. The summed E-state index contributed by atoms with van der Waals surface area (Å²) in [6.07, 6.45) is 1.35. The molecule has 2 aromatic rings. The number of hydrogen-bond acceptors (Lipinski definition) is 4. The minimum Gasteiger partial charge on any atom is -0.384 e. The van der Waals surface area contributed by atoms with E-state index in [1.807, 2.05) is 0 Å². The highest BCUT2D eigenvalue weighted by Gasteiger charge is 2.18. The van der Waals surface area contributed by atoms with Crippen LogP contribution in [0.15, 0.2) is 41.4 Å². The van der Waals surface area contributed by atoms with Gasteiger partial charge in [0.2, 0.25) is 0 Å². The summed E-state index contributed by atoms with van der Waals surface area (Å²) in [5.41, 5.74) is 6.28. The number of halogens is 1. The van der Waals surface area contributed by atoms with Crippen LogP contribution in [0, 0.1) is 6.92 Å². The average Bonchev–Trinajstić information content (AvgIpc) is 2.35. The second kappa shape index (κ2) is 5.07. The third-order valence-electron chi connectivity index (χ3n) is 2.55. The van der Waals surface area contributed by atoms with E-state index in [0.717, 1.165) is 0 Å². The zero-order valence-electron chi connectivity index (χ0n) is 10.1. The number of nitrogens with zero attached hydrogens (tertiary/aromatic N) is 1. The van der Waals surface area contributed by atoms with E-state index in [1.54, 1.807) is 25.1 Å². The molecule has 19 heavy (non-hydrogen) atoms. The van der Waals surface area contributed by atoms with E-state index >= 15 is 0 Å². The van der Waals surface area contributed by atoms with E-state index < -0.39 is 10.0 Å². The zero-order valence-corrected chi connectivity index (χ0v) is 11.7. The second-order valence-corrected chi connectivity index (χ2v) is 6.00. The standard InChI is InChI=1S/C12H12ClN3O2S/c1-8-10(13)3-2-4-11(8)19(17,18)16-9-5-6-12(14)15-7-9/h2-7,16H,1H3,(H2,14,15). The summed E-state index contributed by atoms with van der Waals surface area (Å²) in [4.78, 5) is 3.96. The number of nitrogens with two attached hydrogens (primary N) is 1. The van der Waals surface area contributed by atoms with E-state index in [-0.39, 0.29) is 4.90 Å². The number of nitrogens with one attached hydrogen (secondary N) is 1. The van der Waals surface area contributed by atoms with Crippen molar-refractivity contribution in [2.45, 2.75) is 11.8 Å². The van der Waals surface area contributed by atoms with Crippen molar-refractivity contribution >= 4 is 33.1 Å². The zero-order chi connectivity index (χ0) is 14.0. The lowest BCUT2D eigenvalue weighted by Gasteiger charge is -2.11. The molecule has 0 aliphatic carbocycles. The van der Waals surface area contributed by atoms with Crippen molar-refractivity contribution in [2.75, 3.05) is 10.5 Å². The lowest BCUT2D eigenvalue weighted by molar-refractivity contribution is 0.600. The molecule has 0 amide bonds. The van der Waals surface area contributed by atoms with Crippen LogP contribution in [0.1, 0.15) is 5.56 Å². The second-order valence-electron chi connectivity index (χ2n) is 3.94. The number of aromatic nitrogens is 1. The van der Waals surface area contributed by atoms with Gasteiger partial charge < -0.3 is 5.73 Å². The van der Waals surface area contributed by atoms with E-state index in [0.29, 0.717) is 22.1 Å². The molecule has 0 bridgehead atoms. The number of hydrogen-bond donors (Lipinski definition) is 2. The van der Waals surface area contributed by atoms with Gasteiger partial charge in [0.15, 0.2) is 0 Å². The van der Waals surface area contributed by atoms with Crippen LogP contribution in [-0.4, -0.2) is 13.4 Å². The van der Waals surface area contributed by atoms with E-state index in [4.69, 9.17) is 17.3 Å². The van der Waals surface area contributed by atoms with Crippen molar-refractivity contribution < 1.29 is 8.42 Å². The topological polar surface area (TPSA) is 85.1 Å². The summed E-state index contributed by atoms with van der Waals surface area (Å²) in [6, 6.07) is 7.78. The summed E-state index contributed by atoms with van der Waals surface area (Å²) in [7, 11) is -3.69. The molecule has 0 aliphatic rings. The summed E-state index contributed by atoms with van der Waals surface area (Å²) < 4.78 is 26.9. The van der Waals surface area contributed by atoms with Crippen LogP contribution in [0.4, 0.5) is 11.5 Å². The molecule has 1 aromatic heterocycles. The van der Waals surface area contributed by atoms with Crippen LogP contribution in [0.2, 0.25) is 5.02 Å². The van der Waals surface area contributed by atoms with Crippen molar-refractivity contribution in [1.82, 2.24) is 4.98 Å². The SMILES string of the molecule is Cc1c(Cl)cccc1S(=O)(=O)Nc1ccc(N)nc1. The molecule has 0 saturated carbocycles. The summed E-state index contributed by atoms with van der Waals surface area (Å²) in [5, 5.41) is 0.401. The highest BCUT2D eigenvalue weighted by molar-refractivity contribution is 7.92. The minimum absolute atomic E-state index is 0.136. The molecule has 1 heterocycles. The molecule has 1 aromatic carbocycles. The first kappa shape index (κ1) is 13.6. The first-order chi connectivity index (χ1) is 8.90. The molecule has 0 fully saturated rings. The Balaban J connectivity index is 2.38.